The summed E-state index contributed by atoms with van der Waals surface area (Å²) in [5.74, 6) is 1.57. The van der Waals surface area contributed by atoms with Crippen LogP contribution in [0.1, 0.15) is 62.0 Å². The first-order chi connectivity index (χ1) is 23.2. The van der Waals surface area contributed by atoms with E-state index in [0.717, 1.165) is 44.1 Å². The lowest BCUT2D eigenvalue weighted by Crippen LogP contribution is -2.34. The maximum Gasteiger partial charge on any atom is 0.312 e. The van der Waals surface area contributed by atoms with Crippen LogP contribution in [0.2, 0.25) is 0 Å². The van der Waals surface area contributed by atoms with Crippen LogP contribution in [0.25, 0.3) is 27.8 Å². The summed E-state index contributed by atoms with van der Waals surface area (Å²) in [6, 6.07) is 10.5. The second kappa shape index (κ2) is 10.7. The van der Waals surface area contributed by atoms with Crippen LogP contribution in [-0.4, -0.2) is 35.3 Å². The quantitative estimate of drug-likeness (QED) is 0.200. The third kappa shape index (κ3) is 4.76. The highest BCUT2D eigenvalue weighted by Crippen LogP contribution is 2.65. The molecule has 5 aromatic rings. The van der Waals surface area contributed by atoms with Crippen LogP contribution in [0.15, 0.2) is 59.8 Å². The van der Waals surface area contributed by atoms with Gasteiger partial charge in [0.05, 0.1) is 28.4 Å². The van der Waals surface area contributed by atoms with Crippen LogP contribution in [0, 0.1) is 29.0 Å². The number of fused-ring (bicyclic) bond motifs is 1. The molecular formula is C36H35FN8O3. The molecule has 3 aromatic heterocycles. The fourth-order valence-electron chi connectivity index (χ4n) is 8.95. The van der Waals surface area contributed by atoms with Gasteiger partial charge in [0, 0.05) is 30.6 Å². The number of pyridine rings is 1. The lowest BCUT2D eigenvalue weighted by Gasteiger charge is -2.30. The molecule has 5 aliphatic carbocycles. The number of aromatic nitrogens is 6. The number of hydrogen-bond donors (Lipinski definition) is 2. The molecule has 5 aliphatic rings. The minimum atomic E-state index is -0.541. The number of carbonyl (C=O) groups excluding carboxylic acids is 1. The summed E-state index contributed by atoms with van der Waals surface area (Å²) < 4.78 is 24.8. The van der Waals surface area contributed by atoms with Crippen molar-refractivity contribution in [2.45, 2.75) is 57.5 Å². The number of ether oxygens (including phenoxy) is 1. The summed E-state index contributed by atoms with van der Waals surface area (Å²) in [6.45, 7) is -0.126. The molecule has 0 radical (unpaired) electrons. The molecule has 2 aromatic carbocycles. The number of nitrogens with one attached hydrogen (secondary N) is 1. The molecule has 3 heterocycles. The number of carbonyl (C=O) groups is 1. The molecule has 0 amide bonds. The Morgan fingerprint density at radius 2 is 1.92 bits per heavy atom. The molecule has 2 unspecified atom stereocenters. The summed E-state index contributed by atoms with van der Waals surface area (Å²) in [4.78, 5) is 41.3. The SMILES string of the molecule is Cn1cc(Nc2nc(N)nc(-c3cccc(-n4ccc5cc(C6CC6)cc(F)c5c4=O)c3COC(=O)C34CC5CC(CC3C5)C4)n2)cn1. The van der Waals surface area contributed by atoms with E-state index < -0.39 is 16.8 Å². The van der Waals surface area contributed by atoms with Crippen molar-refractivity contribution in [2.24, 2.45) is 30.2 Å². The Kier molecular flexibility index (Phi) is 6.47. The maximum absolute atomic E-state index is 15.6. The minimum absolute atomic E-state index is 0.0143. The average molecular weight is 647 g/mol. The molecule has 0 aliphatic heterocycles. The van der Waals surface area contributed by atoms with Crippen molar-refractivity contribution in [2.75, 3.05) is 11.1 Å². The second-order valence-electron chi connectivity index (χ2n) is 14.2. The molecule has 0 saturated heterocycles. The van der Waals surface area contributed by atoms with Crippen molar-refractivity contribution in [3.05, 3.63) is 82.3 Å². The number of rotatable bonds is 8. The zero-order valence-corrected chi connectivity index (χ0v) is 26.5. The average Bonchev–Trinajstić information content (AvgIpc) is 3.72. The number of anilines is 3. The number of hydrogen-bond acceptors (Lipinski definition) is 9. The molecule has 5 saturated carbocycles. The van der Waals surface area contributed by atoms with Gasteiger partial charge >= 0.3 is 5.97 Å². The second-order valence-corrected chi connectivity index (χ2v) is 14.2. The van der Waals surface area contributed by atoms with Gasteiger partial charge in [-0.25, -0.2) is 4.39 Å². The fraction of sp³-hybridized carbons (Fsp3) is 0.389. The van der Waals surface area contributed by atoms with E-state index in [2.05, 4.69) is 25.4 Å². The molecule has 0 spiro atoms. The number of aryl methyl sites for hydroxylation is 1. The summed E-state index contributed by atoms with van der Waals surface area (Å²) in [5, 5.41) is 7.85. The third-order valence-corrected chi connectivity index (χ3v) is 11.0. The van der Waals surface area contributed by atoms with E-state index in [9.17, 15) is 9.59 Å². The van der Waals surface area contributed by atoms with Crippen molar-refractivity contribution in [3.63, 3.8) is 0 Å². The largest absolute Gasteiger partial charge is 0.460 e. The van der Waals surface area contributed by atoms with Gasteiger partial charge in [-0.2, -0.15) is 20.1 Å². The van der Waals surface area contributed by atoms with E-state index >= 15 is 4.39 Å². The standard InChI is InChI=1S/C36H35FN8O3/c1-44-17-25(16-39-44)40-35-42-31(41-34(38)43-35)26-3-2-4-29(27(26)18-48-33(47)36-14-19-9-20(15-36)11-24(36)10-19)45-8-7-22-12-23(21-5-6-21)13-28(37)30(22)32(45)46/h2-4,7-8,12-13,16-17,19-21,24H,5-6,9-11,14-15,18H2,1H3,(H3,38,40,41,42,43). The van der Waals surface area contributed by atoms with Crippen LogP contribution in [0.4, 0.5) is 22.0 Å². The smallest absolute Gasteiger partial charge is 0.312 e. The maximum atomic E-state index is 15.6. The minimum Gasteiger partial charge on any atom is -0.460 e. The van der Waals surface area contributed by atoms with Crippen molar-refractivity contribution in [3.8, 4) is 17.1 Å². The number of nitrogens with zero attached hydrogens (tertiary/aromatic N) is 6. The van der Waals surface area contributed by atoms with Crippen molar-refractivity contribution >= 4 is 34.3 Å². The highest BCUT2D eigenvalue weighted by molar-refractivity contribution is 5.84. The van der Waals surface area contributed by atoms with E-state index in [1.807, 2.05) is 6.07 Å². The molecule has 5 fully saturated rings. The van der Waals surface area contributed by atoms with Gasteiger partial charge in [-0.3, -0.25) is 18.8 Å². The van der Waals surface area contributed by atoms with Crippen molar-refractivity contribution in [1.29, 1.82) is 0 Å². The molecule has 4 bridgehead atoms. The predicted octanol–water partition coefficient (Wildman–Crippen LogP) is 5.79. The molecule has 244 valence electrons. The summed E-state index contributed by atoms with van der Waals surface area (Å²) in [5.41, 5.74) is 8.26. The lowest BCUT2D eigenvalue weighted by molar-refractivity contribution is -0.159. The lowest BCUT2D eigenvalue weighted by atomic mass is 9.75. The normalized spacial score (nSPS) is 24.0. The highest BCUT2D eigenvalue weighted by Gasteiger charge is 2.62. The van der Waals surface area contributed by atoms with E-state index in [-0.39, 0.29) is 35.7 Å². The molecular weight excluding hydrogens is 611 g/mol. The Bertz CT molecular complexity index is 2180. The first-order valence-electron chi connectivity index (χ1n) is 16.7. The first-order valence-corrected chi connectivity index (χ1v) is 16.7. The number of benzene rings is 2. The van der Waals surface area contributed by atoms with E-state index in [1.165, 1.54) is 17.1 Å². The number of nitrogens with two attached hydrogens (primary N) is 1. The van der Waals surface area contributed by atoms with Crippen molar-refractivity contribution < 1.29 is 13.9 Å². The van der Waals surface area contributed by atoms with Gasteiger partial charge < -0.3 is 15.8 Å². The molecule has 48 heavy (non-hydrogen) atoms. The summed E-state index contributed by atoms with van der Waals surface area (Å²) in [6.07, 6.45) is 12.2. The van der Waals surface area contributed by atoms with Crippen LogP contribution in [-0.2, 0) is 23.2 Å². The van der Waals surface area contributed by atoms with E-state index in [4.69, 9.17) is 10.5 Å². The summed E-state index contributed by atoms with van der Waals surface area (Å²) in [7, 11) is 1.80. The number of halogens is 1. The Balaban J connectivity index is 1.14. The zero-order chi connectivity index (χ0) is 32.7. The predicted molar refractivity (Wildman–Crippen MR) is 177 cm³/mol. The Labute approximate surface area is 275 Å². The number of nitrogen functional groups attached to an aromatic ring is 1. The fourth-order valence-corrected chi connectivity index (χ4v) is 8.95. The monoisotopic (exact) mass is 646 g/mol. The van der Waals surface area contributed by atoms with Gasteiger partial charge in [0.25, 0.3) is 5.56 Å². The van der Waals surface area contributed by atoms with Crippen molar-refractivity contribution in [1.82, 2.24) is 29.3 Å². The Morgan fingerprint density at radius 3 is 2.67 bits per heavy atom. The van der Waals surface area contributed by atoms with E-state index in [0.29, 0.717) is 51.6 Å². The van der Waals surface area contributed by atoms with Gasteiger partial charge in [0.2, 0.25) is 11.9 Å². The van der Waals surface area contributed by atoms with Gasteiger partial charge in [0.1, 0.15) is 12.4 Å². The Morgan fingerprint density at radius 1 is 1.10 bits per heavy atom. The Hall–Kier alpha value is -5.13. The topological polar surface area (TPSA) is 143 Å². The zero-order valence-electron chi connectivity index (χ0n) is 26.5. The van der Waals surface area contributed by atoms with Gasteiger partial charge in [-0.1, -0.05) is 18.2 Å². The summed E-state index contributed by atoms with van der Waals surface area (Å²) >= 11 is 0. The van der Waals surface area contributed by atoms with Crippen LogP contribution >= 0.6 is 0 Å². The molecule has 3 N–H and O–H groups in total. The molecule has 11 nitrogen and oxygen atoms in total. The molecule has 2 atom stereocenters. The first kappa shape index (κ1) is 29.0. The van der Waals surface area contributed by atoms with Crippen LogP contribution < -0.4 is 16.6 Å². The molecule has 10 rings (SSSR count). The number of esters is 1. The molecule has 12 heteroatoms. The van der Waals surface area contributed by atoms with Gasteiger partial charge in [-0.05, 0) is 97.8 Å². The van der Waals surface area contributed by atoms with Gasteiger partial charge in [0.15, 0.2) is 5.82 Å². The third-order valence-electron chi connectivity index (χ3n) is 11.0. The highest BCUT2D eigenvalue weighted by atomic mass is 19.1. The van der Waals surface area contributed by atoms with E-state index in [1.54, 1.807) is 54.6 Å². The van der Waals surface area contributed by atoms with Gasteiger partial charge in [-0.15, -0.1) is 0 Å². The van der Waals surface area contributed by atoms with Crippen LogP contribution in [0.3, 0.4) is 0 Å². The van der Waals surface area contributed by atoms with Crippen LogP contribution in [0.5, 0.6) is 0 Å².